The molecule has 0 radical (unpaired) electrons. The lowest BCUT2D eigenvalue weighted by atomic mass is 9.85. The Morgan fingerprint density at radius 2 is 1.95 bits per heavy atom. The van der Waals surface area contributed by atoms with E-state index in [9.17, 15) is 0 Å². The predicted octanol–water partition coefficient (Wildman–Crippen LogP) is 1.78. The van der Waals surface area contributed by atoms with Crippen molar-refractivity contribution in [2.24, 2.45) is 5.73 Å². The Morgan fingerprint density at radius 1 is 1.24 bits per heavy atom. The first-order chi connectivity index (χ1) is 10.2. The summed E-state index contributed by atoms with van der Waals surface area (Å²) in [6.45, 7) is 2.45. The van der Waals surface area contributed by atoms with Crippen LogP contribution in [0, 0.1) is 0 Å². The fourth-order valence-corrected chi connectivity index (χ4v) is 3.51. The molecule has 1 heterocycles. The summed E-state index contributed by atoms with van der Waals surface area (Å²) in [4.78, 5) is 2.38. The van der Waals surface area contributed by atoms with E-state index in [-0.39, 0.29) is 11.8 Å². The maximum absolute atomic E-state index is 6.35. The van der Waals surface area contributed by atoms with Gasteiger partial charge in [-0.1, -0.05) is 30.3 Å². The molecule has 2 aliphatic rings. The Labute approximate surface area is 127 Å². The maximum Gasteiger partial charge on any atom is 0.170 e. The van der Waals surface area contributed by atoms with Gasteiger partial charge in [0.25, 0.3) is 0 Å². The summed E-state index contributed by atoms with van der Waals surface area (Å²) in [6.07, 6.45) is 3.84. The van der Waals surface area contributed by atoms with Gasteiger partial charge < -0.3 is 20.1 Å². The van der Waals surface area contributed by atoms with Crippen molar-refractivity contribution >= 4 is 0 Å². The van der Waals surface area contributed by atoms with Crippen molar-refractivity contribution in [1.82, 2.24) is 4.90 Å². The first-order valence-electron chi connectivity index (χ1n) is 7.96. The third-order valence-electron chi connectivity index (χ3n) is 4.85. The van der Waals surface area contributed by atoms with Gasteiger partial charge in [0.05, 0.1) is 13.2 Å². The summed E-state index contributed by atoms with van der Waals surface area (Å²) in [5.41, 5.74) is 7.72. The smallest absolute Gasteiger partial charge is 0.170 e. The SMILES string of the molecule is CN(CCc1ccccc1)C1CC2(CCC1N)OCCO2. The van der Waals surface area contributed by atoms with E-state index in [1.165, 1.54) is 5.56 Å². The molecule has 3 rings (SSSR count). The summed E-state index contributed by atoms with van der Waals surface area (Å²) >= 11 is 0. The van der Waals surface area contributed by atoms with Crippen molar-refractivity contribution in [3.63, 3.8) is 0 Å². The molecule has 4 nitrogen and oxygen atoms in total. The van der Waals surface area contributed by atoms with E-state index < -0.39 is 0 Å². The number of ether oxygens (including phenoxy) is 2. The molecule has 0 amide bonds. The number of nitrogens with two attached hydrogens (primary N) is 1. The molecule has 1 aliphatic carbocycles. The van der Waals surface area contributed by atoms with Crippen LogP contribution in [0.4, 0.5) is 0 Å². The van der Waals surface area contributed by atoms with Gasteiger partial charge in [0.1, 0.15) is 0 Å². The zero-order valence-electron chi connectivity index (χ0n) is 12.8. The lowest BCUT2D eigenvalue weighted by Gasteiger charge is -2.43. The highest BCUT2D eigenvalue weighted by Gasteiger charge is 2.45. The molecule has 4 heteroatoms. The molecule has 0 bridgehead atoms. The molecule has 1 saturated heterocycles. The fourth-order valence-electron chi connectivity index (χ4n) is 3.51. The third kappa shape index (κ3) is 3.46. The molecule has 0 aromatic heterocycles. The second-order valence-corrected chi connectivity index (χ2v) is 6.30. The number of nitrogens with zero attached hydrogens (tertiary/aromatic N) is 1. The molecule has 2 atom stereocenters. The van der Waals surface area contributed by atoms with Gasteiger partial charge in [0.2, 0.25) is 0 Å². The Bertz CT molecular complexity index is 445. The zero-order chi connectivity index (χ0) is 14.7. The average molecular weight is 290 g/mol. The van der Waals surface area contributed by atoms with Crippen LogP contribution in [-0.4, -0.2) is 49.6 Å². The maximum atomic E-state index is 6.35. The Hall–Kier alpha value is -0.940. The van der Waals surface area contributed by atoms with E-state index in [1.54, 1.807) is 0 Å². The van der Waals surface area contributed by atoms with Gasteiger partial charge in [-0.2, -0.15) is 0 Å². The van der Waals surface area contributed by atoms with Crippen LogP contribution in [0.15, 0.2) is 30.3 Å². The molecule has 1 saturated carbocycles. The van der Waals surface area contributed by atoms with Crippen LogP contribution in [0.1, 0.15) is 24.8 Å². The summed E-state index contributed by atoms with van der Waals surface area (Å²) in [6, 6.07) is 11.2. The lowest BCUT2D eigenvalue weighted by Crippen LogP contribution is -2.55. The standard InChI is InChI=1S/C17H26N2O2/c1-19(10-8-14-5-3-2-4-6-14)16-13-17(9-7-15(16)18)20-11-12-21-17/h2-6,15-16H,7-13,18H2,1H3. The van der Waals surface area contributed by atoms with Crippen LogP contribution in [-0.2, 0) is 15.9 Å². The van der Waals surface area contributed by atoms with E-state index >= 15 is 0 Å². The monoisotopic (exact) mass is 290 g/mol. The van der Waals surface area contributed by atoms with E-state index in [2.05, 4.69) is 42.3 Å². The van der Waals surface area contributed by atoms with Crippen LogP contribution in [0.2, 0.25) is 0 Å². The Morgan fingerprint density at radius 3 is 2.67 bits per heavy atom. The summed E-state index contributed by atoms with van der Waals surface area (Å²) in [5.74, 6) is -0.360. The van der Waals surface area contributed by atoms with E-state index in [0.717, 1.165) is 45.4 Å². The molecule has 21 heavy (non-hydrogen) atoms. The molecular weight excluding hydrogens is 264 g/mol. The molecule has 2 unspecified atom stereocenters. The Kier molecular flexibility index (Phi) is 4.60. The topological polar surface area (TPSA) is 47.7 Å². The largest absolute Gasteiger partial charge is 0.347 e. The van der Waals surface area contributed by atoms with Gasteiger partial charge in [-0.25, -0.2) is 0 Å². The fraction of sp³-hybridized carbons (Fsp3) is 0.647. The van der Waals surface area contributed by atoms with Gasteiger partial charge in [-0.05, 0) is 25.5 Å². The van der Waals surface area contributed by atoms with Crippen LogP contribution >= 0.6 is 0 Å². The van der Waals surface area contributed by atoms with Crippen LogP contribution in [0.5, 0.6) is 0 Å². The quantitative estimate of drug-likeness (QED) is 0.918. The van der Waals surface area contributed by atoms with E-state index in [0.29, 0.717) is 6.04 Å². The lowest BCUT2D eigenvalue weighted by molar-refractivity contribution is -0.190. The second-order valence-electron chi connectivity index (χ2n) is 6.30. The van der Waals surface area contributed by atoms with Crippen LogP contribution in [0.25, 0.3) is 0 Å². The molecule has 1 spiro atoms. The highest BCUT2D eigenvalue weighted by atomic mass is 16.7. The number of rotatable bonds is 4. The van der Waals surface area contributed by atoms with Gasteiger partial charge in [0, 0.05) is 31.5 Å². The van der Waals surface area contributed by atoms with Crippen molar-refractivity contribution in [1.29, 1.82) is 0 Å². The van der Waals surface area contributed by atoms with Crippen molar-refractivity contribution in [3.05, 3.63) is 35.9 Å². The summed E-state index contributed by atoms with van der Waals surface area (Å²) in [7, 11) is 2.17. The van der Waals surface area contributed by atoms with Crippen molar-refractivity contribution in [2.75, 3.05) is 26.8 Å². The number of hydrogen-bond acceptors (Lipinski definition) is 4. The molecule has 1 aromatic carbocycles. The number of benzene rings is 1. The molecular formula is C17H26N2O2. The van der Waals surface area contributed by atoms with Crippen molar-refractivity contribution < 1.29 is 9.47 Å². The van der Waals surface area contributed by atoms with Crippen molar-refractivity contribution in [2.45, 2.75) is 43.6 Å². The normalized spacial score (nSPS) is 28.3. The zero-order valence-corrected chi connectivity index (χ0v) is 12.8. The second kappa shape index (κ2) is 6.44. The minimum atomic E-state index is -0.360. The highest BCUT2D eigenvalue weighted by Crippen LogP contribution is 2.37. The summed E-state index contributed by atoms with van der Waals surface area (Å²) < 4.78 is 11.7. The van der Waals surface area contributed by atoms with Crippen LogP contribution in [0.3, 0.4) is 0 Å². The highest BCUT2D eigenvalue weighted by molar-refractivity contribution is 5.15. The van der Waals surface area contributed by atoms with E-state index in [4.69, 9.17) is 15.2 Å². The summed E-state index contributed by atoms with van der Waals surface area (Å²) in [5, 5.41) is 0. The predicted molar refractivity (Wildman–Crippen MR) is 83.0 cm³/mol. The molecule has 2 N–H and O–H groups in total. The molecule has 1 aromatic rings. The minimum Gasteiger partial charge on any atom is -0.347 e. The average Bonchev–Trinajstić information content (AvgIpc) is 2.97. The third-order valence-corrected chi connectivity index (χ3v) is 4.85. The molecule has 1 aliphatic heterocycles. The minimum absolute atomic E-state index is 0.212. The van der Waals surface area contributed by atoms with Gasteiger partial charge >= 0.3 is 0 Å². The van der Waals surface area contributed by atoms with E-state index in [1.807, 2.05) is 0 Å². The first-order valence-corrected chi connectivity index (χ1v) is 7.96. The molecule has 116 valence electrons. The van der Waals surface area contributed by atoms with Gasteiger partial charge in [-0.15, -0.1) is 0 Å². The van der Waals surface area contributed by atoms with Crippen molar-refractivity contribution in [3.8, 4) is 0 Å². The van der Waals surface area contributed by atoms with Gasteiger partial charge in [0.15, 0.2) is 5.79 Å². The van der Waals surface area contributed by atoms with Gasteiger partial charge in [-0.3, -0.25) is 0 Å². The number of hydrogen-bond donors (Lipinski definition) is 1. The Balaban J connectivity index is 1.58. The first kappa shape index (κ1) is 15.0. The van der Waals surface area contributed by atoms with Crippen LogP contribution < -0.4 is 5.73 Å². The number of likely N-dealkylation sites (N-methyl/N-ethyl adjacent to an activating group) is 1. The molecule has 2 fully saturated rings.